The molecule has 0 atom stereocenters. The van der Waals surface area contributed by atoms with E-state index >= 15 is 0 Å². The SMILES string of the molecule is CC1(C)c2ccccc2-c2ccc(N(c3ccc(-n4ccc5ccc6c(c7ccccc7n6-c6ccccc6)c54)cc3)c3ccc4ccccc4c3)cc21. The summed E-state index contributed by atoms with van der Waals surface area (Å²) in [6.45, 7) is 4.71. The first-order valence-electron chi connectivity index (χ1n) is 18.8. The number of fused-ring (bicyclic) bond motifs is 9. The molecule has 2 aromatic heterocycles. The molecule has 2 heterocycles. The highest BCUT2D eigenvalue weighted by Gasteiger charge is 2.35. The maximum Gasteiger partial charge on any atom is 0.0628 e. The van der Waals surface area contributed by atoms with Crippen LogP contribution in [0.3, 0.4) is 0 Å². The van der Waals surface area contributed by atoms with Gasteiger partial charge < -0.3 is 14.0 Å². The molecule has 0 aliphatic heterocycles. The average molecular weight is 692 g/mol. The standard InChI is InChI=1S/C51H37N3/c1-51(2)45-18-10-8-16-42(45)43-28-27-41(33-46(43)51)53(40-22-20-34-12-6-7-13-36(34)32-40)39-25-23-37(24-26-39)52-31-30-35-21-29-48-49(50(35)52)44-17-9-11-19-47(44)54(48)38-14-4-3-5-15-38/h3-33H,1-2H3. The zero-order valence-electron chi connectivity index (χ0n) is 30.2. The van der Waals surface area contributed by atoms with Crippen LogP contribution in [0.4, 0.5) is 17.1 Å². The Labute approximate surface area is 314 Å². The topological polar surface area (TPSA) is 13.1 Å². The molecular formula is C51H37N3. The van der Waals surface area contributed by atoms with Crippen LogP contribution in [0.5, 0.6) is 0 Å². The van der Waals surface area contributed by atoms with Gasteiger partial charge >= 0.3 is 0 Å². The van der Waals surface area contributed by atoms with Crippen LogP contribution in [0.1, 0.15) is 25.0 Å². The number of aromatic nitrogens is 2. The summed E-state index contributed by atoms with van der Waals surface area (Å²) in [5.41, 5.74) is 14.7. The van der Waals surface area contributed by atoms with Gasteiger partial charge in [-0.3, -0.25) is 0 Å². The lowest BCUT2D eigenvalue weighted by molar-refractivity contribution is 0.660. The Kier molecular flexibility index (Phi) is 6.60. The van der Waals surface area contributed by atoms with Crippen LogP contribution in [-0.2, 0) is 5.41 Å². The van der Waals surface area contributed by atoms with Gasteiger partial charge in [0.15, 0.2) is 0 Å². The summed E-state index contributed by atoms with van der Waals surface area (Å²) in [4.78, 5) is 2.41. The number of nitrogens with zero attached hydrogens (tertiary/aromatic N) is 3. The van der Waals surface area contributed by atoms with Gasteiger partial charge in [-0.1, -0.05) is 117 Å². The zero-order valence-corrected chi connectivity index (χ0v) is 30.2. The number of para-hydroxylation sites is 2. The van der Waals surface area contributed by atoms with Gasteiger partial charge in [0.1, 0.15) is 0 Å². The molecule has 0 spiro atoms. The van der Waals surface area contributed by atoms with Gasteiger partial charge in [-0.2, -0.15) is 0 Å². The number of hydrogen-bond donors (Lipinski definition) is 0. The van der Waals surface area contributed by atoms with E-state index in [9.17, 15) is 0 Å². The van der Waals surface area contributed by atoms with Gasteiger partial charge in [0.05, 0.1) is 16.6 Å². The van der Waals surface area contributed by atoms with E-state index in [0.29, 0.717) is 0 Å². The Morgan fingerprint density at radius 3 is 1.98 bits per heavy atom. The molecule has 0 amide bonds. The molecule has 0 bridgehead atoms. The molecule has 0 saturated heterocycles. The van der Waals surface area contributed by atoms with Crippen molar-refractivity contribution in [3.8, 4) is 22.5 Å². The minimum atomic E-state index is -0.0920. The zero-order chi connectivity index (χ0) is 36.0. The predicted octanol–water partition coefficient (Wildman–Crippen LogP) is 13.7. The fraction of sp³-hybridized carbons (Fsp3) is 0.0588. The van der Waals surface area contributed by atoms with E-state index < -0.39 is 0 Å². The molecule has 0 fully saturated rings. The summed E-state index contributed by atoms with van der Waals surface area (Å²) in [5.74, 6) is 0. The minimum absolute atomic E-state index is 0.0920. The van der Waals surface area contributed by atoms with Crippen LogP contribution in [0.2, 0.25) is 0 Å². The maximum absolute atomic E-state index is 2.41. The molecule has 54 heavy (non-hydrogen) atoms. The molecule has 10 aromatic rings. The third kappa shape index (κ3) is 4.48. The first kappa shape index (κ1) is 30.8. The molecule has 1 aliphatic carbocycles. The lowest BCUT2D eigenvalue weighted by Crippen LogP contribution is -2.16. The molecule has 11 rings (SSSR count). The average Bonchev–Trinajstić information content (AvgIpc) is 3.87. The summed E-state index contributed by atoms with van der Waals surface area (Å²) in [6, 6.07) is 66.6. The van der Waals surface area contributed by atoms with E-state index in [1.807, 2.05) is 0 Å². The van der Waals surface area contributed by atoms with Crippen molar-refractivity contribution in [3.05, 3.63) is 199 Å². The highest BCUT2D eigenvalue weighted by Crippen LogP contribution is 2.51. The molecule has 3 heteroatoms. The third-order valence-electron chi connectivity index (χ3n) is 11.7. The second-order valence-corrected chi connectivity index (χ2v) is 15.1. The van der Waals surface area contributed by atoms with Crippen LogP contribution in [0.25, 0.3) is 66.0 Å². The second kappa shape index (κ2) is 11.6. The lowest BCUT2D eigenvalue weighted by atomic mass is 9.82. The van der Waals surface area contributed by atoms with E-state index in [1.165, 1.54) is 65.7 Å². The Morgan fingerprint density at radius 2 is 1.11 bits per heavy atom. The Morgan fingerprint density at radius 1 is 0.444 bits per heavy atom. The lowest BCUT2D eigenvalue weighted by Gasteiger charge is -2.28. The fourth-order valence-corrected chi connectivity index (χ4v) is 9.11. The Hall–Kier alpha value is -6.84. The highest BCUT2D eigenvalue weighted by atomic mass is 15.1. The largest absolute Gasteiger partial charge is 0.316 e. The summed E-state index contributed by atoms with van der Waals surface area (Å²) in [7, 11) is 0. The maximum atomic E-state index is 2.41. The molecular weight excluding hydrogens is 655 g/mol. The summed E-state index contributed by atoms with van der Waals surface area (Å²) >= 11 is 0. The Bertz CT molecular complexity index is 3070. The van der Waals surface area contributed by atoms with Gasteiger partial charge in [-0.15, -0.1) is 0 Å². The van der Waals surface area contributed by atoms with Crippen LogP contribution < -0.4 is 4.90 Å². The second-order valence-electron chi connectivity index (χ2n) is 15.1. The first-order chi connectivity index (χ1) is 26.5. The van der Waals surface area contributed by atoms with Crippen molar-refractivity contribution >= 4 is 60.5 Å². The van der Waals surface area contributed by atoms with Crippen LogP contribution >= 0.6 is 0 Å². The van der Waals surface area contributed by atoms with Crippen molar-refractivity contribution in [3.63, 3.8) is 0 Å². The third-order valence-corrected chi connectivity index (χ3v) is 11.7. The van der Waals surface area contributed by atoms with Gasteiger partial charge in [-0.05, 0) is 112 Å². The summed E-state index contributed by atoms with van der Waals surface area (Å²) in [6.07, 6.45) is 2.22. The van der Waals surface area contributed by atoms with Crippen molar-refractivity contribution in [2.24, 2.45) is 0 Å². The summed E-state index contributed by atoms with van der Waals surface area (Å²) in [5, 5.41) is 6.20. The van der Waals surface area contributed by atoms with Gasteiger partial charge in [0, 0.05) is 56.2 Å². The van der Waals surface area contributed by atoms with E-state index in [0.717, 1.165) is 28.4 Å². The van der Waals surface area contributed by atoms with Crippen LogP contribution in [0, 0.1) is 0 Å². The van der Waals surface area contributed by atoms with Crippen LogP contribution in [-0.4, -0.2) is 9.13 Å². The molecule has 8 aromatic carbocycles. The Balaban J connectivity index is 1.07. The smallest absolute Gasteiger partial charge is 0.0628 e. The van der Waals surface area contributed by atoms with Gasteiger partial charge in [-0.25, -0.2) is 0 Å². The van der Waals surface area contributed by atoms with Crippen molar-refractivity contribution in [1.29, 1.82) is 0 Å². The molecule has 1 aliphatic rings. The van der Waals surface area contributed by atoms with Crippen LogP contribution in [0.15, 0.2) is 188 Å². The van der Waals surface area contributed by atoms with Gasteiger partial charge in [0.25, 0.3) is 0 Å². The minimum Gasteiger partial charge on any atom is -0.316 e. The van der Waals surface area contributed by atoms with E-state index in [4.69, 9.17) is 0 Å². The fourth-order valence-electron chi connectivity index (χ4n) is 9.11. The number of anilines is 3. The number of rotatable bonds is 5. The summed E-state index contributed by atoms with van der Waals surface area (Å²) < 4.78 is 4.75. The normalized spacial score (nSPS) is 13.1. The van der Waals surface area contributed by atoms with E-state index in [1.54, 1.807) is 0 Å². The molecule has 3 nitrogen and oxygen atoms in total. The van der Waals surface area contributed by atoms with Gasteiger partial charge in [0.2, 0.25) is 0 Å². The van der Waals surface area contributed by atoms with Crippen molar-refractivity contribution in [1.82, 2.24) is 9.13 Å². The quantitative estimate of drug-likeness (QED) is 0.175. The monoisotopic (exact) mass is 691 g/mol. The first-order valence-corrected chi connectivity index (χ1v) is 18.8. The molecule has 0 N–H and O–H groups in total. The van der Waals surface area contributed by atoms with Crippen molar-refractivity contribution in [2.75, 3.05) is 4.90 Å². The number of hydrogen-bond acceptors (Lipinski definition) is 1. The predicted molar refractivity (Wildman–Crippen MR) is 227 cm³/mol. The molecule has 0 radical (unpaired) electrons. The van der Waals surface area contributed by atoms with E-state index in [-0.39, 0.29) is 5.41 Å². The molecule has 0 saturated carbocycles. The highest BCUT2D eigenvalue weighted by molar-refractivity contribution is 6.20. The number of benzene rings is 8. The van der Waals surface area contributed by atoms with E-state index in [2.05, 4.69) is 216 Å². The molecule has 0 unspecified atom stereocenters. The van der Waals surface area contributed by atoms with Crippen molar-refractivity contribution < 1.29 is 0 Å². The molecule has 256 valence electrons. The van der Waals surface area contributed by atoms with Crippen molar-refractivity contribution in [2.45, 2.75) is 19.3 Å².